The number of hydrogen-bond acceptors (Lipinski definition) is 4. The lowest BCUT2D eigenvalue weighted by molar-refractivity contribution is -0.124. The van der Waals surface area contributed by atoms with Crippen molar-refractivity contribution in [3.63, 3.8) is 0 Å². The molecule has 0 aliphatic carbocycles. The van der Waals surface area contributed by atoms with E-state index in [2.05, 4.69) is 31.7 Å². The van der Waals surface area contributed by atoms with E-state index in [9.17, 15) is 4.79 Å². The van der Waals surface area contributed by atoms with Gasteiger partial charge in [-0.2, -0.15) is 9.61 Å². The minimum absolute atomic E-state index is 0.0696. The van der Waals surface area contributed by atoms with Crippen molar-refractivity contribution in [3.8, 4) is 11.3 Å². The second-order valence-electron chi connectivity index (χ2n) is 7.90. The normalized spacial score (nSPS) is 12.0. The first-order chi connectivity index (χ1) is 16.0. The van der Waals surface area contributed by atoms with Gasteiger partial charge in [0.15, 0.2) is 5.65 Å². The van der Waals surface area contributed by atoms with Crippen molar-refractivity contribution in [2.45, 2.75) is 19.8 Å². The summed E-state index contributed by atoms with van der Waals surface area (Å²) < 4.78 is 2.56. The Hall–Kier alpha value is -2.90. The number of carbonyl (C=O) groups excluding carboxylic acids is 1. The summed E-state index contributed by atoms with van der Waals surface area (Å²) in [6, 6.07) is 19.6. The molecule has 2 N–H and O–H groups in total. The van der Waals surface area contributed by atoms with Crippen molar-refractivity contribution in [2.24, 2.45) is 5.92 Å². The molecule has 2 aromatic carbocycles. The molecule has 2 heterocycles. The van der Waals surface area contributed by atoms with Crippen LogP contribution in [0.3, 0.4) is 0 Å². The second kappa shape index (κ2) is 10.8. The number of rotatable bonds is 9. The molecule has 8 heteroatoms. The standard InChI is InChI=1S/C25H25BrClN5O/c1-17(14-18-8-3-2-4-9-18)25(33)29-13-7-12-28-23-15-22(19-10-5-6-11-21(19)27)31-24-20(26)16-30-32(23)24/h2-6,8-11,15-17,28H,7,12-14H2,1H3,(H,29,33). The topological polar surface area (TPSA) is 71.3 Å². The zero-order valence-corrected chi connectivity index (χ0v) is 20.6. The monoisotopic (exact) mass is 525 g/mol. The van der Waals surface area contributed by atoms with E-state index in [0.29, 0.717) is 23.8 Å². The minimum atomic E-state index is -0.0696. The molecular formula is C25H25BrClN5O. The Labute approximate surface area is 206 Å². The van der Waals surface area contributed by atoms with E-state index in [0.717, 1.165) is 34.4 Å². The van der Waals surface area contributed by atoms with Crippen LogP contribution in [-0.2, 0) is 11.2 Å². The van der Waals surface area contributed by atoms with Crippen LogP contribution in [0.15, 0.2) is 71.3 Å². The molecule has 4 aromatic rings. The number of anilines is 1. The van der Waals surface area contributed by atoms with Crippen LogP contribution >= 0.6 is 27.5 Å². The molecule has 0 saturated carbocycles. The molecule has 0 bridgehead atoms. The summed E-state index contributed by atoms with van der Waals surface area (Å²) in [5.41, 5.74) is 3.50. The first-order valence-corrected chi connectivity index (χ1v) is 12.0. The SMILES string of the molecule is CC(Cc1ccccc1)C(=O)NCCCNc1cc(-c2ccccc2Cl)nc2c(Br)cnn12. The van der Waals surface area contributed by atoms with Gasteiger partial charge >= 0.3 is 0 Å². The molecule has 170 valence electrons. The smallest absolute Gasteiger partial charge is 0.223 e. The number of nitrogens with one attached hydrogen (secondary N) is 2. The molecule has 2 aromatic heterocycles. The third-order valence-electron chi connectivity index (χ3n) is 5.37. The summed E-state index contributed by atoms with van der Waals surface area (Å²) in [5.74, 6) is 0.811. The fourth-order valence-corrected chi connectivity index (χ4v) is 4.20. The summed E-state index contributed by atoms with van der Waals surface area (Å²) in [5, 5.41) is 11.5. The van der Waals surface area contributed by atoms with Crippen molar-refractivity contribution in [1.82, 2.24) is 19.9 Å². The molecule has 0 aliphatic heterocycles. The molecule has 1 atom stereocenters. The lowest BCUT2D eigenvalue weighted by atomic mass is 10.0. The first kappa shape index (κ1) is 23.3. The van der Waals surface area contributed by atoms with Crippen molar-refractivity contribution in [1.29, 1.82) is 0 Å². The van der Waals surface area contributed by atoms with E-state index < -0.39 is 0 Å². The van der Waals surface area contributed by atoms with Crippen LogP contribution in [0.2, 0.25) is 5.02 Å². The Morgan fingerprint density at radius 1 is 1.12 bits per heavy atom. The molecule has 6 nitrogen and oxygen atoms in total. The van der Waals surface area contributed by atoms with Crippen LogP contribution in [0, 0.1) is 5.92 Å². The lowest BCUT2D eigenvalue weighted by Gasteiger charge is -2.14. The zero-order chi connectivity index (χ0) is 23.2. The van der Waals surface area contributed by atoms with Gasteiger partial charge in [0.05, 0.1) is 16.4 Å². The highest BCUT2D eigenvalue weighted by Crippen LogP contribution is 2.30. The zero-order valence-electron chi connectivity index (χ0n) is 18.3. The predicted octanol–water partition coefficient (Wildman–Crippen LogP) is 5.61. The van der Waals surface area contributed by atoms with Crippen LogP contribution in [0.4, 0.5) is 5.82 Å². The van der Waals surface area contributed by atoms with E-state index in [1.807, 2.05) is 67.6 Å². The van der Waals surface area contributed by atoms with E-state index in [1.165, 1.54) is 5.56 Å². The summed E-state index contributed by atoms with van der Waals surface area (Å²) in [4.78, 5) is 17.1. The average molecular weight is 527 g/mol. The molecule has 33 heavy (non-hydrogen) atoms. The van der Waals surface area contributed by atoms with Gasteiger partial charge in [-0.05, 0) is 40.4 Å². The maximum absolute atomic E-state index is 12.4. The van der Waals surface area contributed by atoms with Crippen LogP contribution in [0.25, 0.3) is 16.9 Å². The third-order valence-corrected chi connectivity index (χ3v) is 6.26. The molecule has 0 spiro atoms. The predicted molar refractivity (Wildman–Crippen MR) is 137 cm³/mol. The number of nitrogens with zero attached hydrogens (tertiary/aromatic N) is 3. The van der Waals surface area contributed by atoms with Crippen molar-refractivity contribution in [3.05, 3.63) is 81.9 Å². The number of carbonyl (C=O) groups is 1. The van der Waals surface area contributed by atoms with E-state index in [-0.39, 0.29) is 11.8 Å². The van der Waals surface area contributed by atoms with Crippen LogP contribution in [0.1, 0.15) is 18.9 Å². The number of amides is 1. The van der Waals surface area contributed by atoms with Gasteiger partial charge in [0.25, 0.3) is 0 Å². The highest BCUT2D eigenvalue weighted by molar-refractivity contribution is 9.10. The molecule has 1 unspecified atom stereocenters. The van der Waals surface area contributed by atoms with Crippen LogP contribution in [0.5, 0.6) is 0 Å². The fourth-order valence-electron chi connectivity index (χ4n) is 3.62. The van der Waals surface area contributed by atoms with Gasteiger partial charge in [0.2, 0.25) is 5.91 Å². The fraction of sp³-hybridized carbons (Fsp3) is 0.240. The summed E-state index contributed by atoms with van der Waals surface area (Å²) in [6.07, 6.45) is 3.23. The number of fused-ring (bicyclic) bond motifs is 1. The molecule has 0 radical (unpaired) electrons. The van der Waals surface area contributed by atoms with Gasteiger partial charge < -0.3 is 10.6 Å². The van der Waals surface area contributed by atoms with E-state index >= 15 is 0 Å². The third kappa shape index (κ3) is 5.72. The summed E-state index contributed by atoms with van der Waals surface area (Å²) in [6.45, 7) is 3.23. The van der Waals surface area contributed by atoms with Gasteiger partial charge in [0.1, 0.15) is 5.82 Å². The highest BCUT2D eigenvalue weighted by Gasteiger charge is 2.14. The van der Waals surface area contributed by atoms with Gasteiger partial charge in [0, 0.05) is 35.7 Å². The number of halogens is 2. The maximum atomic E-state index is 12.4. The Bertz CT molecular complexity index is 1240. The molecule has 4 rings (SSSR count). The molecule has 0 saturated heterocycles. The van der Waals surface area contributed by atoms with Crippen LogP contribution in [-0.4, -0.2) is 33.6 Å². The molecule has 1 amide bonds. The maximum Gasteiger partial charge on any atom is 0.223 e. The average Bonchev–Trinajstić information content (AvgIpc) is 3.20. The summed E-state index contributed by atoms with van der Waals surface area (Å²) >= 11 is 9.91. The van der Waals surface area contributed by atoms with Crippen molar-refractivity contribution < 1.29 is 4.79 Å². The molecular weight excluding hydrogens is 502 g/mol. The van der Waals surface area contributed by atoms with Crippen molar-refractivity contribution >= 4 is 44.9 Å². The molecule has 0 aliphatic rings. The highest BCUT2D eigenvalue weighted by atomic mass is 79.9. The minimum Gasteiger partial charge on any atom is -0.370 e. The second-order valence-corrected chi connectivity index (χ2v) is 9.16. The Morgan fingerprint density at radius 2 is 1.88 bits per heavy atom. The lowest BCUT2D eigenvalue weighted by Crippen LogP contribution is -2.31. The van der Waals surface area contributed by atoms with Gasteiger partial charge in [-0.1, -0.05) is 67.1 Å². The largest absolute Gasteiger partial charge is 0.370 e. The number of aromatic nitrogens is 3. The van der Waals surface area contributed by atoms with Crippen molar-refractivity contribution in [2.75, 3.05) is 18.4 Å². The Morgan fingerprint density at radius 3 is 2.67 bits per heavy atom. The van der Waals surface area contributed by atoms with E-state index in [4.69, 9.17) is 16.6 Å². The quantitative estimate of drug-likeness (QED) is 0.278. The summed E-state index contributed by atoms with van der Waals surface area (Å²) in [7, 11) is 0. The van der Waals surface area contributed by atoms with E-state index in [1.54, 1.807) is 10.7 Å². The van der Waals surface area contributed by atoms with Crippen LogP contribution < -0.4 is 10.6 Å². The first-order valence-electron chi connectivity index (χ1n) is 10.9. The molecule has 0 fully saturated rings. The Kier molecular flexibility index (Phi) is 7.62. The Balaban J connectivity index is 1.35. The van der Waals surface area contributed by atoms with Gasteiger partial charge in [-0.3, -0.25) is 4.79 Å². The van der Waals surface area contributed by atoms with Gasteiger partial charge in [-0.15, -0.1) is 0 Å². The number of benzene rings is 2. The van der Waals surface area contributed by atoms with Gasteiger partial charge in [-0.25, -0.2) is 4.98 Å². The number of hydrogen-bond donors (Lipinski definition) is 2.